The summed E-state index contributed by atoms with van der Waals surface area (Å²) in [5, 5.41) is 6.66. The number of aryl methyl sites for hydroxylation is 1. The summed E-state index contributed by atoms with van der Waals surface area (Å²) < 4.78 is 5.37. The van der Waals surface area contributed by atoms with Crippen molar-refractivity contribution >= 4 is 11.8 Å². The molecule has 1 fully saturated rings. The quantitative estimate of drug-likeness (QED) is 0.796. The molecule has 0 saturated heterocycles. The lowest BCUT2D eigenvalue weighted by molar-refractivity contribution is 0.0636. The van der Waals surface area contributed by atoms with Gasteiger partial charge in [-0.05, 0) is 69.4 Å². The molecule has 1 saturated carbocycles. The Morgan fingerprint density at radius 1 is 1.22 bits per heavy atom. The van der Waals surface area contributed by atoms with Crippen LogP contribution in [0.25, 0.3) is 0 Å². The minimum absolute atomic E-state index is 0.115. The molecular weight excluding hydrogens is 288 g/mol. The summed E-state index contributed by atoms with van der Waals surface area (Å²) in [6.07, 6.45) is 5.86. The molecule has 1 aromatic rings. The molecule has 4 nitrogen and oxygen atoms in total. The molecule has 1 heterocycles. The molecule has 0 unspecified atom stereocenters. The maximum Gasteiger partial charge on any atom is 0.412 e. The van der Waals surface area contributed by atoms with Crippen molar-refractivity contribution in [1.29, 1.82) is 0 Å². The highest BCUT2D eigenvalue weighted by Crippen LogP contribution is 2.44. The van der Waals surface area contributed by atoms with Gasteiger partial charge in [0, 0.05) is 17.8 Å². The van der Waals surface area contributed by atoms with Crippen LogP contribution in [0.5, 0.6) is 0 Å². The van der Waals surface area contributed by atoms with E-state index in [1.165, 1.54) is 48.8 Å². The maximum absolute atomic E-state index is 12.1. The number of carbonyl (C=O) groups is 1. The topological polar surface area (TPSA) is 50.4 Å². The van der Waals surface area contributed by atoms with Crippen LogP contribution in [0, 0.1) is 6.92 Å². The van der Waals surface area contributed by atoms with Crippen molar-refractivity contribution in [2.24, 2.45) is 0 Å². The van der Waals surface area contributed by atoms with Crippen LogP contribution in [0.1, 0.15) is 69.6 Å². The average Bonchev–Trinajstić information content (AvgIpc) is 2.77. The molecule has 2 aliphatic rings. The van der Waals surface area contributed by atoms with E-state index >= 15 is 0 Å². The fraction of sp³-hybridized carbons (Fsp3) is 0.632. The third-order valence-electron chi connectivity index (χ3n) is 4.94. The monoisotopic (exact) mass is 316 g/mol. The molecule has 3 rings (SSSR count). The maximum atomic E-state index is 12.1. The third-order valence-corrected chi connectivity index (χ3v) is 4.94. The summed E-state index contributed by atoms with van der Waals surface area (Å²) in [5.41, 5.74) is 4.49. The zero-order valence-electron chi connectivity index (χ0n) is 14.7. The number of fused-ring (bicyclic) bond motifs is 2. The second-order valence-corrected chi connectivity index (χ2v) is 7.94. The number of amides is 1. The normalized spacial score (nSPS) is 19.5. The molecule has 0 bridgehead atoms. The van der Waals surface area contributed by atoms with Gasteiger partial charge in [-0.3, -0.25) is 5.32 Å². The highest BCUT2D eigenvalue weighted by molar-refractivity contribution is 5.85. The zero-order valence-corrected chi connectivity index (χ0v) is 14.7. The van der Waals surface area contributed by atoms with Crippen molar-refractivity contribution < 1.29 is 9.53 Å². The van der Waals surface area contributed by atoms with Gasteiger partial charge < -0.3 is 10.1 Å². The molecule has 0 radical (unpaired) electrons. The molecule has 23 heavy (non-hydrogen) atoms. The van der Waals surface area contributed by atoms with E-state index in [-0.39, 0.29) is 11.6 Å². The molecular formula is C19H28N2O2. The van der Waals surface area contributed by atoms with Crippen molar-refractivity contribution in [3.05, 3.63) is 28.8 Å². The summed E-state index contributed by atoms with van der Waals surface area (Å²) in [6, 6.07) is 4.20. The zero-order chi connectivity index (χ0) is 16.7. The minimum atomic E-state index is -0.484. The molecule has 0 aromatic heterocycles. The Balaban J connectivity index is 1.86. The number of nitrogens with one attached hydrogen (secondary N) is 2. The van der Waals surface area contributed by atoms with E-state index in [0.29, 0.717) is 0 Å². The third kappa shape index (κ3) is 3.37. The van der Waals surface area contributed by atoms with Crippen molar-refractivity contribution in [3.63, 3.8) is 0 Å². The lowest BCUT2D eigenvalue weighted by atomic mass is 9.77. The number of hydrogen-bond donors (Lipinski definition) is 2. The van der Waals surface area contributed by atoms with Crippen LogP contribution in [0.3, 0.4) is 0 Å². The largest absolute Gasteiger partial charge is 0.444 e. The van der Waals surface area contributed by atoms with Crippen LogP contribution >= 0.6 is 0 Å². The van der Waals surface area contributed by atoms with E-state index < -0.39 is 5.60 Å². The van der Waals surface area contributed by atoms with E-state index in [9.17, 15) is 4.79 Å². The number of rotatable bonds is 1. The molecule has 4 heteroatoms. The first-order chi connectivity index (χ1) is 10.8. The average molecular weight is 316 g/mol. The van der Waals surface area contributed by atoms with Gasteiger partial charge in [0.1, 0.15) is 5.60 Å². The molecule has 1 spiro atoms. The fourth-order valence-electron chi connectivity index (χ4n) is 3.93. The second kappa shape index (κ2) is 5.82. The first kappa shape index (κ1) is 16.3. The van der Waals surface area contributed by atoms with Crippen LogP contribution < -0.4 is 10.6 Å². The van der Waals surface area contributed by atoms with Gasteiger partial charge in [-0.2, -0.15) is 0 Å². The van der Waals surface area contributed by atoms with Gasteiger partial charge in [0.15, 0.2) is 0 Å². The number of hydrogen-bond acceptors (Lipinski definition) is 3. The van der Waals surface area contributed by atoms with Gasteiger partial charge in [0.05, 0.1) is 0 Å². The molecule has 2 N–H and O–H groups in total. The predicted molar refractivity (Wildman–Crippen MR) is 92.6 cm³/mol. The van der Waals surface area contributed by atoms with Crippen LogP contribution in [0.4, 0.5) is 10.5 Å². The molecule has 1 aliphatic carbocycles. The van der Waals surface area contributed by atoms with E-state index in [4.69, 9.17) is 4.74 Å². The van der Waals surface area contributed by atoms with Gasteiger partial charge in [-0.25, -0.2) is 4.79 Å². The Bertz CT molecular complexity index is 611. The van der Waals surface area contributed by atoms with Gasteiger partial charge in [-0.15, -0.1) is 0 Å². The SMILES string of the molecule is Cc1cc(NC(=O)OC(C)(C)C)cc2c1CNC21CCCCC1. The minimum Gasteiger partial charge on any atom is -0.444 e. The van der Waals surface area contributed by atoms with Crippen molar-refractivity contribution in [3.8, 4) is 0 Å². The van der Waals surface area contributed by atoms with Crippen molar-refractivity contribution in [2.75, 3.05) is 5.32 Å². The number of benzene rings is 1. The molecule has 1 aromatic carbocycles. The number of carbonyl (C=O) groups excluding carboxylic acids is 1. The Morgan fingerprint density at radius 2 is 1.91 bits per heavy atom. The lowest BCUT2D eigenvalue weighted by Crippen LogP contribution is -2.38. The Labute approximate surface area is 139 Å². The van der Waals surface area contributed by atoms with Gasteiger partial charge in [0.2, 0.25) is 0 Å². The van der Waals surface area contributed by atoms with E-state index in [1.54, 1.807) is 0 Å². The number of anilines is 1. The Morgan fingerprint density at radius 3 is 2.57 bits per heavy atom. The second-order valence-electron chi connectivity index (χ2n) is 7.94. The van der Waals surface area contributed by atoms with Crippen molar-refractivity contribution in [1.82, 2.24) is 5.32 Å². The Hall–Kier alpha value is -1.55. The lowest BCUT2D eigenvalue weighted by Gasteiger charge is -2.35. The highest BCUT2D eigenvalue weighted by atomic mass is 16.6. The molecule has 1 amide bonds. The number of ether oxygens (including phenoxy) is 1. The summed E-state index contributed by atoms with van der Waals surface area (Å²) in [5.74, 6) is 0. The molecule has 0 atom stereocenters. The van der Waals surface area contributed by atoms with E-state index in [2.05, 4.69) is 23.6 Å². The summed E-state index contributed by atoms with van der Waals surface area (Å²) in [4.78, 5) is 12.1. The standard InChI is InChI=1S/C19H28N2O2/c1-13-10-14(21-17(22)23-18(2,3)4)11-16-15(13)12-20-19(16)8-6-5-7-9-19/h10-11,20H,5-9,12H2,1-4H3,(H,21,22). The fourth-order valence-corrected chi connectivity index (χ4v) is 3.93. The van der Waals surface area contributed by atoms with Crippen molar-refractivity contribution in [2.45, 2.75) is 77.5 Å². The van der Waals surface area contributed by atoms with Gasteiger partial charge in [-0.1, -0.05) is 19.3 Å². The van der Waals surface area contributed by atoms with Crippen LogP contribution in [0.2, 0.25) is 0 Å². The highest BCUT2D eigenvalue weighted by Gasteiger charge is 2.40. The first-order valence-corrected chi connectivity index (χ1v) is 8.68. The molecule has 126 valence electrons. The van der Waals surface area contributed by atoms with Crippen LogP contribution in [-0.4, -0.2) is 11.7 Å². The summed E-state index contributed by atoms with van der Waals surface area (Å²) in [6.45, 7) is 8.70. The smallest absolute Gasteiger partial charge is 0.412 e. The predicted octanol–water partition coefficient (Wildman–Crippen LogP) is 4.60. The molecule has 1 aliphatic heterocycles. The van der Waals surface area contributed by atoms with Gasteiger partial charge >= 0.3 is 6.09 Å². The van der Waals surface area contributed by atoms with E-state index in [0.717, 1.165) is 12.2 Å². The Kier molecular flexibility index (Phi) is 4.13. The summed E-state index contributed by atoms with van der Waals surface area (Å²) in [7, 11) is 0. The van der Waals surface area contributed by atoms with Gasteiger partial charge in [0.25, 0.3) is 0 Å². The summed E-state index contributed by atoms with van der Waals surface area (Å²) >= 11 is 0. The van der Waals surface area contributed by atoms with E-state index in [1.807, 2.05) is 26.8 Å². The van der Waals surface area contributed by atoms with Crippen LogP contribution in [-0.2, 0) is 16.8 Å². The first-order valence-electron chi connectivity index (χ1n) is 8.68. The van der Waals surface area contributed by atoms with Crippen LogP contribution in [0.15, 0.2) is 12.1 Å².